The van der Waals surface area contributed by atoms with Crippen LogP contribution in [-0.2, 0) is 0 Å². The van der Waals surface area contributed by atoms with Crippen molar-refractivity contribution in [3.8, 4) is 0 Å². The van der Waals surface area contributed by atoms with Crippen molar-refractivity contribution in [1.82, 2.24) is 15.5 Å². The molecular formula is C9H17N3OS2. The Morgan fingerprint density at radius 1 is 1.53 bits per heavy atom. The number of hydrogen-bond acceptors (Lipinski definition) is 6. The topological polar surface area (TPSA) is 58.0 Å². The molecule has 0 aromatic carbocycles. The summed E-state index contributed by atoms with van der Waals surface area (Å²) in [5.74, 6) is 0.798. The summed E-state index contributed by atoms with van der Waals surface area (Å²) in [5.41, 5.74) is -0.237. The highest BCUT2D eigenvalue weighted by Gasteiger charge is 2.22. The second kappa shape index (κ2) is 5.79. The lowest BCUT2D eigenvalue weighted by atomic mass is 10.1. The number of aryl methyl sites for hydroxylation is 1. The number of nitrogens with zero attached hydrogens (tertiary/aromatic N) is 2. The predicted molar refractivity (Wildman–Crippen MR) is 64.5 cm³/mol. The van der Waals surface area contributed by atoms with Crippen molar-refractivity contribution in [2.75, 3.05) is 18.9 Å². The number of likely N-dealkylation sites (N-methyl/N-ethyl adjacent to an activating group) is 1. The van der Waals surface area contributed by atoms with Crippen LogP contribution in [0.5, 0.6) is 0 Å². The van der Waals surface area contributed by atoms with Crippen LogP contribution >= 0.6 is 23.1 Å². The molecule has 0 aliphatic rings. The fourth-order valence-electron chi connectivity index (χ4n) is 1.14. The lowest BCUT2D eigenvalue weighted by Crippen LogP contribution is -2.47. The molecule has 0 amide bonds. The van der Waals surface area contributed by atoms with Gasteiger partial charge in [-0.15, -0.1) is 10.2 Å². The predicted octanol–water partition coefficient (Wildman–Crippen LogP) is 1.30. The minimum absolute atomic E-state index is 0.131. The molecular weight excluding hydrogens is 230 g/mol. The Bertz CT molecular complexity index is 305. The van der Waals surface area contributed by atoms with Gasteiger partial charge in [-0.05, 0) is 20.4 Å². The molecule has 1 rings (SSSR count). The lowest BCUT2D eigenvalue weighted by molar-refractivity contribution is 0.194. The Morgan fingerprint density at radius 2 is 2.27 bits per heavy atom. The molecule has 0 bridgehead atoms. The summed E-state index contributed by atoms with van der Waals surface area (Å²) in [6, 6.07) is 0. The third-order valence-corrected chi connectivity index (χ3v) is 4.32. The van der Waals surface area contributed by atoms with Crippen molar-refractivity contribution in [2.24, 2.45) is 0 Å². The molecule has 6 heteroatoms. The van der Waals surface area contributed by atoms with E-state index in [1.54, 1.807) is 23.1 Å². The van der Waals surface area contributed by atoms with Gasteiger partial charge in [-0.25, -0.2) is 0 Å². The summed E-state index contributed by atoms with van der Waals surface area (Å²) < 4.78 is 0.963. The highest BCUT2D eigenvalue weighted by atomic mass is 32.2. The van der Waals surface area contributed by atoms with Gasteiger partial charge < -0.3 is 10.4 Å². The maximum absolute atomic E-state index is 9.29. The largest absolute Gasteiger partial charge is 0.394 e. The van der Waals surface area contributed by atoms with Crippen molar-refractivity contribution in [1.29, 1.82) is 0 Å². The molecule has 15 heavy (non-hydrogen) atoms. The standard InChI is InChI=1S/C9H17N3OS2/c1-4-10-9(3,5-13)6-14-8-12-11-7(2)15-8/h10,13H,4-6H2,1-3H3. The number of aliphatic hydroxyl groups is 1. The molecule has 2 N–H and O–H groups in total. The summed E-state index contributed by atoms with van der Waals surface area (Å²) >= 11 is 3.22. The Labute approximate surface area is 98.5 Å². The van der Waals surface area contributed by atoms with Crippen LogP contribution in [0.4, 0.5) is 0 Å². The van der Waals surface area contributed by atoms with Crippen LogP contribution in [0, 0.1) is 6.92 Å². The molecule has 1 aromatic rings. The van der Waals surface area contributed by atoms with Gasteiger partial charge in [0.1, 0.15) is 5.01 Å². The maximum Gasteiger partial charge on any atom is 0.174 e. The van der Waals surface area contributed by atoms with Gasteiger partial charge in [0.15, 0.2) is 4.34 Å². The molecule has 0 saturated heterocycles. The Balaban J connectivity index is 2.47. The van der Waals surface area contributed by atoms with Crippen LogP contribution < -0.4 is 5.32 Å². The Hall–Kier alpha value is -0.170. The van der Waals surface area contributed by atoms with Gasteiger partial charge in [-0.3, -0.25) is 0 Å². The third kappa shape index (κ3) is 4.06. The van der Waals surface area contributed by atoms with Gasteiger partial charge >= 0.3 is 0 Å². The first kappa shape index (κ1) is 12.9. The van der Waals surface area contributed by atoms with Gasteiger partial charge in [-0.1, -0.05) is 30.0 Å². The summed E-state index contributed by atoms with van der Waals surface area (Å²) in [7, 11) is 0. The van der Waals surface area contributed by atoms with E-state index >= 15 is 0 Å². The zero-order valence-electron chi connectivity index (χ0n) is 9.28. The fraction of sp³-hybridized carbons (Fsp3) is 0.778. The van der Waals surface area contributed by atoms with Crippen molar-refractivity contribution in [2.45, 2.75) is 30.6 Å². The summed E-state index contributed by atoms with van der Waals surface area (Å²) in [6.07, 6.45) is 0. The number of aliphatic hydroxyl groups excluding tert-OH is 1. The molecule has 1 unspecified atom stereocenters. The van der Waals surface area contributed by atoms with Crippen LogP contribution in [0.1, 0.15) is 18.9 Å². The summed E-state index contributed by atoms with van der Waals surface area (Å²) in [6.45, 7) is 6.97. The van der Waals surface area contributed by atoms with Gasteiger partial charge in [-0.2, -0.15) is 0 Å². The number of nitrogens with one attached hydrogen (secondary N) is 1. The minimum Gasteiger partial charge on any atom is -0.394 e. The van der Waals surface area contributed by atoms with E-state index < -0.39 is 0 Å². The highest BCUT2D eigenvalue weighted by Crippen LogP contribution is 2.25. The number of thioether (sulfide) groups is 1. The third-order valence-electron chi connectivity index (χ3n) is 1.97. The highest BCUT2D eigenvalue weighted by molar-refractivity contribution is 8.01. The number of aromatic nitrogens is 2. The van der Waals surface area contributed by atoms with Crippen molar-refractivity contribution in [3.63, 3.8) is 0 Å². The van der Waals surface area contributed by atoms with Crippen molar-refractivity contribution < 1.29 is 5.11 Å². The maximum atomic E-state index is 9.29. The monoisotopic (exact) mass is 247 g/mol. The van der Waals surface area contributed by atoms with E-state index in [4.69, 9.17) is 0 Å². The van der Waals surface area contributed by atoms with Crippen LogP contribution in [0.2, 0.25) is 0 Å². The molecule has 1 aromatic heterocycles. The van der Waals surface area contributed by atoms with E-state index in [0.717, 1.165) is 21.6 Å². The SMILES string of the molecule is CCNC(C)(CO)CSc1nnc(C)s1. The van der Waals surface area contributed by atoms with Crippen LogP contribution in [0.15, 0.2) is 4.34 Å². The van der Waals surface area contributed by atoms with Crippen LogP contribution in [0.25, 0.3) is 0 Å². The molecule has 0 aliphatic carbocycles. The number of hydrogen-bond donors (Lipinski definition) is 2. The first-order valence-corrected chi connectivity index (χ1v) is 6.68. The first-order chi connectivity index (χ1) is 7.09. The fourth-order valence-corrected chi connectivity index (χ4v) is 3.06. The number of rotatable bonds is 6. The summed E-state index contributed by atoms with van der Waals surface area (Å²) in [5, 5.41) is 21.5. The lowest BCUT2D eigenvalue weighted by Gasteiger charge is -2.27. The second-order valence-electron chi connectivity index (χ2n) is 3.62. The van der Waals surface area contributed by atoms with Crippen molar-refractivity contribution >= 4 is 23.1 Å². The van der Waals surface area contributed by atoms with Gasteiger partial charge in [0.2, 0.25) is 0 Å². The second-order valence-corrected chi connectivity index (χ2v) is 6.03. The average Bonchev–Trinajstić information content (AvgIpc) is 2.62. The molecule has 0 aliphatic heterocycles. The van der Waals surface area contributed by atoms with E-state index in [0.29, 0.717) is 0 Å². The Morgan fingerprint density at radius 3 is 2.73 bits per heavy atom. The molecule has 0 spiro atoms. The molecule has 0 radical (unpaired) electrons. The zero-order chi connectivity index (χ0) is 11.3. The van der Waals surface area contributed by atoms with E-state index in [9.17, 15) is 5.11 Å². The van der Waals surface area contributed by atoms with Gasteiger partial charge in [0.25, 0.3) is 0 Å². The van der Waals surface area contributed by atoms with Crippen LogP contribution in [0.3, 0.4) is 0 Å². The van der Waals surface area contributed by atoms with E-state index in [1.165, 1.54) is 0 Å². The molecule has 1 heterocycles. The zero-order valence-corrected chi connectivity index (χ0v) is 10.9. The van der Waals surface area contributed by atoms with Crippen LogP contribution in [-0.4, -0.2) is 39.7 Å². The molecule has 1 atom stereocenters. The average molecular weight is 247 g/mol. The van der Waals surface area contributed by atoms with E-state index in [-0.39, 0.29) is 12.1 Å². The molecule has 0 saturated carbocycles. The first-order valence-electron chi connectivity index (χ1n) is 4.88. The Kier molecular flexibility index (Phi) is 4.98. The molecule has 0 fully saturated rings. The molecule has 4 nitrogen and oxygen atoms in total. The smallest absolute Gasteiger partial charge is 0.174 e. The molecule has 86 valence electrons. The van der Waals surface area contributed by atoms with E-state index in [2.05, 4.69) is 15.5 Å². The minimum atomic E-state index is -0.237. The van der Waals surface area contributed by atoms with E-state index in [1.807, 2.05) is 20.8 Å². The quantitative estimate of drug-likeness (QED) is 0.742. The normalized spacial score (nSPS) is 15.2. The van der Waals surface area contributed by atoms with Gasteiger partial charge in [0.05, 0.1) is 6.61 Å². The summed E-state index contributed by atoms with van der Waals surface area (Å²) in [4.78, 5) is 0. The van der Waals surface area contributed by atoms with Gasteiger partial charge in [0, 0.05) is 11.3 Å². The van der Waals surface area contributed by atoms with Crippen molar-refractivity contribution in [3.05, 3.63) is 5.01 Å².